The lowest BCUT2D eigenvalue weighted by atomic mass is 10.2. The van der Waals surface area contributed by atoms with Gasteiger partial charge in [-0.25, -0.2) is 14.2 Å². The van der Waals surface area contributed by atoms with Crippen LogP contribution >= 0.6 is 0 Å². The number of nitrogens with zero attached hydrogens (tertiary/aromatic N) is 4. The summed E-state index contributed by atoms with van der Waals surface area (Å²) in [6.45, 7) is 1.72. The molecular formula is C19H20FN5O4. The molecule has 0 aromatic carbocycles. The number of aryl methyl sites for hydroxylation is 2. The predicted octanol–water partition coefficient (Wildman–Crippen LogP) is 3.49. The molecule has 0 amide bonds. The molecule has 3 heterocycles. The van der Waals surface area contributed by atoms with Gasteiger partial charge in [0.2, 0.25) is 11.8 Å². The van der Waals surface area contributed by atoms with Crippen molar-refractivity contribution in [1.82, 2.24) is 19.1 Å². The highest BCUT2D eigenvalue weighted by Gasteiger charge is 2.23. The Labute approximate surface area is 164 Å². The van der Waals surface area contributed by atoms with Crippen LogP contribution in [-0.2, 0) is 7.05 Å². The molecule has 0 radical (unpaired) electrons. The van der Waals surface area contributed by atoms with Crippen molar-refractivity contribution in [1.29, 1.82) is 0 Å². The van der Waals surface area contributed by atoms with Gasteiger partial charge in [0.1, 0.15) is 5.65 Å². The number of pyridine rings is 1. The number of hydrogen-bond acceptors (Lipinski definition) is 6. The lowest BCUT2D eigenvalue weighted by Gasteiger charge is -2.17. The molecule has 1 saturated carbocycles. The van der Waals surface area contributed by atoms with Gasteiger partial charge in [-0.1, -0.05) is 12.8 Å². The molecule has 9 nitrogen and oxygen atoms in total. The zero-order chi connectivity index (χ0) is 20.7. The third-order valence-electron chi connectivity index (χ3n) is 5.14. The highest BCUT2D eigenvalue weighted by atomic mass is 19.1. The van der Waals surface area contributed by atoms with Crippen molar-refractivity contribution in [3.8, 4) is 5.88 Å². The summed E-state index contributed by atoms with van der Waals surface area (Å²) >= 11 is 0. The minimum atomic E-state index is -1.42. The maximum atomic E-state index is 14.3. The van der Waals surface area contributed by atoms with Crippen molar-refractivity contribution in [3.63, 3.8) is 0 Å². The van der Waals surface area contributed by atoms with Gasteiger partial charge in [0, 0.05) is 30.7 Å². The molecule has 1 aliphatic carbocycles. The summed E-state index contributed by atoms with van der Waals surface area (Å²) in [5.41, 5.74) is 0.752. The molecule has 0 spiro atoms. The van der Waals surface area contributed by atoms with Crippen LogP contribution in [0.4, 0.5) is 20.8 Å². The molecule has 0 atom stereocenters. The summed E-state index contributed by atoms with van der Waals surface area (Å²) in [4.78, 5) is 32.1. The quantitative estimate of drug-likeness (QED) is 0.644. The van der Waals surface area contributed by atoms with Crippen molar-refractivity contribution < 1.29 is 19.0 Å². The summed E-state index contributed by atoms with van der Waals surface area (Å²) in [7, 11) is 1.64. The lowest BCUT2D eigenvalue weighted by Crippen LogP contribution is -2.27. The number of carbonyl (C=O) groups is 1. The normalized spacial score (nSPS) is 14.4. The maximum absolute atomic E-state index is 14.3. The van der Waals surface area contributed by atoms with Gasteiger partial charge in [-0.2, -0.15) is 4.98 Å². The van der Waals surface area contributed by atoms with Gasteiger partial charge in [-0.3, -0.25) is 9.36 Å². The Morgan fingerprint density at radius 3 is 2.72 bits per heavy atom. The highest BCUT2D eigenvalue weighted by Crippen LogP contribution is 2.31. The van der Waals surface area contributed by atoms with Crippen molar-refractivity contribution in [2.24, 2.45) is 7.05 Å². The van der Waals surface area contributed by atoms with Crippen LogP contribution in [0.5, 0.6) is 5.88 Å². The van der Waals surface area contributed by atoms with E-state index in [0.717, 1.165) is 25.7 Å². The van der Waals surface area contributed by atoms with E-state index in [1.54, 1.807) is 20.2 Å². The fraction of sp³-hybridized carbons (Fsp3) is 0.368. The van der Waals surface area contributed by atoms with Gasteiger partial charge in [0.05, 0.1) is 11.4 Å². The Balaban J connectivity index is 1.79. The Morgan fingerprint density at radius 2 is 2.03 bits per heavy atom. The minimum Gasteiger partial charge on any atom is -0.449 e. The molecule has 0 unspecified atom stereocenters. The van der Waals surface area contributed by atoms with Gasteiger partial charge in [-0.15, -0.1) is 0 Å². The van der Waals surface area contributed by atoms with Crippen LogP contribution in [0.2, 0.25) is 0 Å². The molecule has 29 heavy (non-hydrogen) atoms. The fourth-order valence-electron chi connectivity index (χ4n) is 3.81. The van der Waals surface area contributed by atoms with Crippen LogP contribution in [0.1, 0.15) is 37.4 Å². The lowest BCUT2D eigenvalue weighted by molar-refractivity contribution is 0.141. The first kappa shape index (κ1) is 18.9. The molecular weight excluding hydrogens is 381 g/mol. The number of rotatable bonds is 4. The highest BCUT2D eigenvalue weighted by molar-refractivity contribution is 5.79. The molecule has 1 aliphatic rings. The second kappa shape index (κ2) is 7.19. The Hall–Kier alpha value is -3.43. The Kier molecular flexibility index (Phi) is 4.69. The van der Waals surface area contributed by atoms with Gasteiger partial charge >= 0.3 is 6.16 Å². The number of nitrogens with one attached hydrogen (secondary N) is 1. The number of aromatic nitrogens is 4. The molecule has 10 heteroatoms. The monoisotopic (exact) mass is 401 g/mol. The molecule has 152 valence electrons. The number of carboxylic acid groups (broad SMARTS) is 1. The molecule has 1 fully saturated rings. The van der Waals surface area contributed by atoms with Gasteiger partial charge < -0.3 is 19.7 Å². The topological polar surface area (TPSA) is 111 Å². The molecule has 4 rings (SSSR count). The number of ether oxygens (including phenoxy) is 1. The van der Waals surface area contributed by atoms with Gasteiger partial charge in [0.15, 0.2) is 5.82 Å². The summed E-state index contributed by atoms with van der Waals surface area (Å²) in [6.07, 6.45) is 3.78. The average Bonchev–Trinajstić information content (AvgIpc) is 3.27. The number of hydrogen-bond donors (Lipinski definition) is 2. The predicted molar refractivity (Wildman–Crippen MR) is 103 cm³/mol. The number of fused-ring (bicyclic) bond motifs is 1. The van der Waals surface area contributed by atoms with Gasteiger partial charge in [0.25, 0.3) is 5.56 Å². The molecule has 0 saturated heterocycles. The summed E-state index contributed by atoms with van der Waals surface area (Å²) < 4.78 is 21.9. The smallest absolute Gasteiger partial charge is 0.449 e. The zero-order valence-electron chi connectivity index (χ0n) is 16.0. The molecule has 0 bridgehead atoms. The SMILES string of the molecule is Cc1nc(Nc2cc(OC(=O)O)n(C)c2)nc2c1cc(F)c(=O)n2C1CCCC1. The summed E-state index contributed by atoms with van der Waals surface area (Å²) in [5, 5.41) is 12.3. The van der Waals surface area contributed by atoms with E-state index in [2.05, 4.69) is 20.0 Å². The first-order valence-corrected chi connectivity index (χ1v) is 9.27. The van der Waals surface area contributed by atoms with E-state index >= 15 is 0 Å². The second-order valence-electron chi connectivity index (χ2n) is 7.15. The third kappa shape index (κ3) is 3.53. The molecule has 3 aromatic rings. The van der Waals surface area contributed by atoms with E-state index in [-0.39, 0.29) is 17.9 Å². The number of halogens is 1. The van der Waals surface area contributed by atoms with Crippen LogP contribution in [0.15, 0.2) is 23.1 Å². The molecule has 0 aliphatic heterocycles. The fourth-order valence-corrected chi connectivity index (χ4v) is 3.81. The Morgan fingerprint density at radius 1 is 1.31 bits per heavy atom. The zero-order valence-corrected chi connectivity index (χ0v) is 16.0. The van der Waals surface area contributed by atoms with Crippen molar-refractivity contribution in [2.75, 3.05) is 5.32 Å². The van der Waals surface area contributed by atoms with E-state index in [9.17, 15) is 14.0 Å². The van der Waals surface area contributed by atoms with Crippen LogP contribution in [0, 0.1) is 12.7 Å². The standard InChI is InChI=1S/C19H20FN5O4/c1-10-13-8-14(20)17(26)25(12-5-3-4-6-12)16(13)23-18(21-10)22-11-7-15(24(2)9-11)29-19(27)28/h7-9,12H,3-6H2,1-2H3,(H,27,28)(H,21,22,23). The van der Waals surface area contributed by atoms with Crippen molar-refractivity contribution in [2.45, 2.75) is 38.6 Å². The average molecular weight is 401 g/mol. The maximum Gasteiger partial charge on any atom is 0.512 e. The van der Waals surface area contributed by atoms with E-state index < -0.39 is 17.5 Å². The van der Waals surface area contributed by atoms with Crippen LogP contribution in [-0.4, -0.2) is 30.4 Å². The third-order valence-corrected chi connectivity index (χ3v) is 5.14. The van der Waals surface area contributed by atoms with Crippen LogP contribution in [0.25, 0.3) is 11.0 Å². The van der Waals surface area contributed by atoms with E-state index in [1.165, 1.54) is 21.3 Å². The summed E-state index contributed by atoms with van der Waals surface area (Å²) in [6, 6.07) is 2.59. The Bertz CT molecular complexity index is 1160. The minimum absolute atomic E-state index is 0.0878. The van der Waals surface area contributed by atoms with Crippen molar-refractivity contribution >= 4 is 28.8 Å². The van der Waals surface area contributed by atoms with E-state index in [1.807, 2.05) is 0 Å². The van der Waals surface area contributed by atoms with Crippen LogP contribution < -0.4 is 15.6 Å². The van der Waals surface area contributed by atoms with E-state index in [0.29, 0.717) is 22.4 Å². The summed E-state index contributed by atoms with van der Waals surface area (Å²) in [5.74, 6) is -0.460. The van der Waals surface area contributed by atoms with Crippen LogP contribution in [0.3, 0.4) is 0 Å². The van der Waals surface area contributed by atoms with Gasteiger partial charge in [-0.05, 0) is 25.8 Å². The first-order chi connectivity index (χ1) is 13.8. The van der Waals surface area contributed by atoms with E-state index in [4.69, 9.17) is 5.11 Å². The molecule has 3 aromatic heterocycles. The first-order valence-electron chi connectivity index (χ1n) is 9.27. The largest absolute Gasteiger partial charge is 0.512 e. The molecule has 2 N–H and O–H groups in total. The van der Waals surface area contributed by atoms with Crippen molar-refractivity contribution in [3.05, 3.63) is 40.2 Å². The second-order valence-corrected chi connectivity index (χ2v) is 7.15. The number of anilines is 2.